The molecular weight excluding hydrogens is 442 g/mol. The Balaban J connectivity index is 1.91. The van der Waals surface area contributed by atoms with E-state index < -0.39 is 10.0 Å². The molecule has 9 heteroatoms. The molecule has 0 saturated heterocycles. The van der Waals surface area contributed by atoms with Crippen LogP contribution in [0.1, 0.15) is 29.8 Å². The molecule has 0 unspecified atom stereocenters. The maximum Gasteiger partial charge on any atom is 0.261 e. The Morgan fingerprint density at radius 3 is 2.52 bits per heavy atom. The summed E-state index contributed by atoms with van der Waals surface area (Å²) in [6.45, 7) is 7.44. The average molecular weight is 476 g/mol. The zero-order valence-corrected chi connectivity index (χ0v) is 20.6. The monoisotopic (exact) mass is 475 g/mol. The highest BCUT2D eigenvalue weighted by Crippen LogP contribution is 2.27. The highest BCUT2D eigenvalue weighted by atomic mass is 32.2. The van der Waals surface area contributed by atoms with Crippen molar-refractivity contribution < 1.29 is 22.7 Å². The number of rotatable bonds is 4. The lowest BCUT2D eigenvalue weighted by Crippen LogP contribution is -2.44. The number of ether oxygens (including phenoxy) is 2. The SMILES string of the molecule is CO[C@@H]1CN(C)C(=O)c2ccc(NS(=O)(=O)c3ccc(C)cc3)cc2OC[C@H](C)NC[C@H]1C. The molecule has 0 saturated carbocycles. The van der Waals surface area contributed by atoms with Crippen molar-refractivity contribution in [2.45, 2.75) is 37.8 Å². The van der Waals surface area contributed by atoms with Crippen molar-refractivity contribution in [2.24, 2.45) is 5.92 Å². The van der Waals surface area contributed by atoms with Crippen LogP contribution in [0.15, 0.2) is 47.4 Å². The Hall–Kier alpha value is -2.62. The van der Waals surface area contributed by atoms with E-state index in [-0.39, 0.29) is 28.9 Å². The van der Waals surface area contributed by atoms with Crippen molar-refractivity contribution in [3.8, 4) is 5.75 Å². The van der Waals surface area contributed by atoms with Crippen molar-refractivity contribution in [3.05, 3.63) is 53.6 Å². The van der Waals surface area contributed by atoms with Gasteiger partial charge in [-0.3, -0.25) is 9.52 Å². The molecule has 3 rings (SSSR count). The van der Waals surface area contributed by atoms with Crippen LogP contribution < -0.4 is 14.8 Å². The summed E-state index contributed by atoms with van der Waals surface area (Å²) in [5, 5.41) is 3.43. The molecule has 1 amide bonds. The molecule has 1 aliphatic heterocycles. The van der Waals surface area contributed by atoms with Crippen LogP contribution in [-0.2, 0) is 14.8 Å². The summed E-state index contributed by atoms with van der Waals surface area (Å²) in [4.78, 5) is 15.0. The number of carbonyl (C=O) groups is 1. The number of aryl methyl sites for hydroxylation is 1. The standard InChI is InChI=1S/C24H33N3O5S/c1-16-6-9-20(10-7-16)33(29,30)26-19-8-11-21-22(12-19)32-15-18(3)25-13-17(2)23(31-5)14-27(4)24(21)28/h6-12,17-18,23,25-26H,13-15H2,1-5H3/t17-,18+,23-/m1/s1. The zero-order valence-electron chi connectivity index (χ0n) is 19.8. The van der Waals surface area contributed by atoms with Gasteiger partial charge >= 0.3 is 0 Å². The van der Waals surface area contributed by atoms with Crippen molar-refractivity contribution in [1.82, 2.24) is 10.2 Å². The number of anilines is 1. The van der Waals surface area contributed by atoms with Gasteiger partial charge in [-0.15, -0.1) is 0 Å². The second-order valence-electron chi connectivity index (χ2n) is 8.69. The van der Waals surface area contributed by atoms with E-state index in [0.29, 0.717) is 36.7 Å². The molecule has 2 aromatic carbocycles. The van der Waals surface area contributed by atoms with E-state index in [1.165, 1.54) is 0 Å². The predicted octanol–water partition coefficient (Wildman–Crippen LogP) is 2.89. The van der Waals surface area contributed by atoms with E-state index in [4.69, 9.17) is 9.47 Å². The van der Waals surface area contributed by atoms with Crippen molar-refractivity contribution in [3.63, 3.8) is 0 Å². The van der Waals surface area contributed by atoms with Crippen LogP contribution in [0.3, 0.4) is 0 Å². The van der Waals surface area contributed by atoms with Crippen LogP contribution in [0.4, 0.5) is 5.69 Å². The first-order valence-electron chi connectivity index (χ1n) is 11.0. The minimum atomic E-state index is -3.78. The summed E-state index contributed by atoms with van der Waals surface area (Å²) < 4.78 is 39.8. The molecule has 0 radical (unpaired) electrons. The van der Waals surface area contributed by atoms with E-state index in [2.05, 4.69) is 17.0 Å². The lowest BCUT2D eigenvalue weighted by molar-refractivity contribution is 0.0281. The van der Waals surface area contributed by atoms with Gasteiger partial charge in [-0.2, -0.15) is 0 Å². The lowest BCUT2D eigenvalue weighted by atomic mass is 10.0. The van der Waals surface area contributed by atoms with Gasteiger partial charge in [0.1, 0.15) is 12.4 Å². The first kappa shape index (κ1) is 25.0. The Morgan fingerprint density at radius 2 is 1.85 bits per heavy atom. The van der Waals surface area contributed by atoms with E-state index in [1.54, 1.807) is 61.5 Å². The topological polar surface area (TPSA) is 97.0 Å². The predicted molar refractivity (Wildman–Crippen MR) is 128 cm³/mol. The van der Waals surface area contributed by atoms with Crippen LogP contribution in [0.2, 0.25) is 0 Å². The quantitative estimate of drug-likeness (QED) is 0.706. The van der Waals surface area contributed by atoms with Gasteiger partial charge in [0.25, 0.3) is 15.9 Å². The number of benzene rings is 2. The molecule has 8 nitrogen and oxygen atoms in total. The highest BCUT2D eigenvalue weighted by molar-refractivity contribution is 7.92. The molecule has 0 bridgehead atoms. The molecule has 0 fully saturated rings. The molecule has 33 heavy (non-hydrogen) atoms. The van der Waals surface area contributed by atoms with Gasteiger partial charge < -0.3 is 19.7 Å². The Kier molecular flexibility index (Phi) is 7.99. The zero-order chi connectivity index (χ0) is 24.2. The molecule has 0 spiro atoms. The van der Waals surface area contributed by atoms with Gasteiger partial charge in [-0.05, 0) is 44.0 Å². The summed E-state index contributed by atoms with van der Waals surface area (Å²) in [5.74, 6) is 0.311. The lowest BCUT2D eigenvalue weighted by Gasteiger charge is -2.30. The Bertz CT molecular complexity index is 1070. The van der Waals surface area contributed by atoms with Gasteiger partial charge in [0.2, 0.25) is 0 Å². The fourth-order valence-electron chi connectivity index (χ4n) is 3.65. The molecule has 0 aromatic heterocycles. The Morgan fingerprint density at radius 1 is 1.15 bits per heavy atom. The fraction of sp³-hybridized carbons (Fsp3) is 0.458. The molecule has 3 atom stereocenters. The summed E-state index contributed by atoms with van der Waals surface area (Å²) in [6, 6.07) is 11.3. The van der Waals surface area contributed by atoms with Gasteiger partial charge in [0, 0.05) is 39.4 Å². The highest BCUT2D eigenvalue weighted by Gasteiger charge is 2.26. The fourth-order valence-corrected chi connectivity index (χ4v) is 4.70. The maximum atomic E-state index is 13.2. The molecular formula is C24H33N3O5S. The van der Waals surface area contributed by atoms with Crippen LogP contribution >= 0.6 is 0 Å². The van der Waals surface area contributed by atoms with Crippen LogP contribution in [0, 0.1) is 12.8 Å². The molecule has 180 valence electrons. The third-order valence-electron chi connectivity index (χ3n) is 5.81. The third kappa shape index (κ3) is 6.25. The minimum absolute atomic E-state index is 0.0259. The van der Waals surface area contributed by atoms with Crippen molar-refractivity contribution in [2.75, 3.05) is 38.6 Å². The average Bonchev–Trinajstić information content (AvgIpc) is 2.78. The second kappa shape index (κ2) is 10.5. The number of hydrogen-bond acceptors (Lipinski definition) is 6. The number of nitrogens with zero attached hydrogens (tertiary/aromatic N) is 1. The second-order valence-corrected chi connectivity index (χ2v) is 10.4. The third-order valence-corrected chi connectivity index (χ3v) is 7.21. The summed E-state index contributed by atoms with van der Waals surface area (Å²) in [5.41, 5.74) is 1.66. The van der Waals surface area contributed by atoms with E-state index in [9.17, 15) is 13.2 Å². The normalized spacial score (nSPS) is 22.5. The maximum absolute atomic E-state index is 13.2. The number of amides is 1. The van der Waals surface area contributed by atoms with Crippen molar-refractivity contribution >= 4 is 21.6 Å². The van der Waals surface area contributed by atoms with Gasteiger partial charge in [-0.25, -0.2) is 8.42 Å². The summed E-state index contributed by atoms with van der Waals surface area (Å²) in [6.07, 6.45) is -0.122. The first-order valence-corrected chi connectivity index (χ1v) is 12.5. The van der Waals surface area contributed by atoms with E-state index in [0.717, 1.165) is 5.56 Å². The Labute approximate surface area is 196 Å². The number of sulfonamides is 1. The van der Waals surface area contributed by atoms with Crippen LogP contribution in [0.25, 0.3) is 0 Å². The number of nitrogens with one attached hydrogen (secondary N) is 2. The smallest absolute Gasteiger partial charge is 0.261 e. The number of hydrogen-bond donors (Lipinski definition) is 2. The number of likely N-dealkylation sites (N-methyl/N-ethyl adjacent to an activating group) is 1. The largest absolute Gasteiger partial charge is 0.491 e. The van der Waals surface area contributed by atoms with Crippen molar-refractivity contribution in [1.29, 1.82) is 0 Å². The summed E-state index contributed by atoms with van der Waals surface area (Å²) >= 11 is 0. The molecule has 1 aliphatic rings. The van der Waals surface area contributed by atoms with Gasteiger partial charge in [0.05, 0.1) is 22.3 Å². The van der Waals surface area contributed by atoms with Crippen LogP contribution in [0.5, 0.6) is 5.75 Å². The minimum Gasteiger partial charge on any atom is -0.491 e. The van der Waals surface area contributed by atoms with E-state index >= 15 is 0 Å². The molecule has 0 aliphatic carbocycles. The van der Waals surface area contributed by atoms with Gasteiger partial charge in [0.15, 0.2) is 0 Å². The molecule has 1 heterocycles. The van der Waals surface area contributed by atoms with Crippen LogP contribution in [-0.4, -0.2) is 65.2 Å². The molecule has 2 N–H and O–H groups in total. The number of carbonyl (C=O) groups excluding carboxylic acids is 1. The molecule has 2 aromatic rings. The number of methoxy groups -OCH3 is 1. The van der Waals surface area contributed by atoms with Gasteiger partial charge in [-0.1, -0.05) is 24.6 Å². The van der Waals surface area contributed by atoms with E-state index in [1.807, 2.05) is 13.8 Å². The first-order chi connectivity index (χ1) is 15.6. The number of fused-ring (bicyclic) bond motifs is 1. The summed E-state index contributed by atoms with van der Waals surface area (Å²) in [7, 11) is -0.404.